The molecule has 0 N–H and O–H groups in total. The van der Waals surface area contributed by atoms with Crippen LogP contribution in [0.2, 0.25) is 0 Å². The third kappa shape index (κ3) is 5.74. The number of carbonyl (C=O) groups is 1. The summed E-state index contributed by atoms with van der Waals surface area (Å²) in [5.74, 6) is -0.221. The van der Waals surface area contributed by atoms with Crippen LogP contribution in [0, 0.1) is 17.3 Å². The second-order valence-corrected chi connectivity index (χ2v) is 5.67. The van der Waals surface area contributed by atoms with Gasteiger partial charge in [-0.3, -0.25) is 4.79 Å². The Labute approximate surface area is 107 Å². The quantitative estimate of drug-likeness (QED) is 0.675. The van der Waals surface area contributed by atoms with E-state index < -0.39 is 30.6 Å². The zero-order valence-corrected chi connectivity index (χ0v) is 11.7. The lowest BCUT2D eigenvalue weighted by molar-refractivity contribution is -0.169. The Morgan fingerprint density at radius 3 is 2.00 bits per heavy atom. The Balaban J connectivity index is 4.50. The average Bonchev–Trinajstić information content (AvgIpc) is 2.13. The van der Waals surface area contributed by atoms with Crippen LogP contribution in [0.5, 0.6) is 0 Å². The monoisotopic (exact) mass is 268 g/mol. The van der Waals surface area contributed by atoms with E-state index in [4.69, 9.17) is 4.74 Å². The highest BCUT2D eigenvalue weighted by Crippen LogP contribution is 2.35. The van der Waals surface area contributed by atoms with E-state index in [0.717, 1.165) is 0 Å². The molecule has 0 fully saturated rings. The number of alkyl halides is 3. The number of hydrogen-bond donors (Lipinski definition) is 0. The lowest BCUT2D eigenvalue weighted by Crippen LogP contribution is -2.36. The van der Waals surface area contributed by atoms with E-state index in [-0.39, 0.29) is 11.8 Å². The summed E-state index contributed by atoms with van der Waals surface area (Å²) in [7, 11) is 0. The number of halogens is 3. The number of carbonyl (C=O) groups excluding carboxylic acids is 1. The lowest BCUT2D eigenvalue weighted by atomic mass is 9.73. The van der Waals surface area contributed by atoms with Gasteiger partial charge in [0.05, 0.1) is 18.4 Å². The fourth-order valence-corrected chi connectivity index (χ4v) is 1.83. The highest BCUT2D eigenvalue weighted by atomic mass is 19.4. The topological polar surface area (TPSA) is 26.3 Å². The van der Waals surface area contributed by atoms with Crippen molar-refractivity contribution in [1.29, 1.82) is 0 Å². The lowest BCUT2D eigenvalue weighted by Gasteiger charge is -2.32. The van der Waals surface area contributed by atoms with E-state index in [1.807, 2.05) is 27.7 Å². The van der Waals surface area contributed by atoms with Gasteiger partial charge < -0.3 is 4.74 Å². The summed E-state index contributed by atoms with van der Waals surface area (Å²) >= 11 is 0. The Bertz CT molecular complexity index is 272. The molecule has 0 saturated heterocycles. The van der Waals surface area contributed by atoms with E-state index in [9.17, 15) is 18.0 Å². The molecule has 0 aromatic carbocycles. The molecule has 0 radical (unpaired) electrons. The first kappa shape index (κ1) is 17.3. The van der Waals surface area contributed by atoms with Crippen molar-refractivity contribution in [2.45, 2.75) is 53.6 Å². The van der Waals surface area contributed by atoms with Crippen molar-refractivity contribution in [3.8, 4) is 0 Å². The zero-order chi connectivity index (χ0) is 14.6. The van der Waals surface area contributed by atoms with Crippen LogP contribution in [0.25, 0.3) is 0 Å². The zero-order valence-electron chi connectivity index (χ0n) is 11.7. The minimum Gasteiger partial charge on any atom is -0.465 e. The van der Waals surface area contributed by atoms with Gasteiger partial charge in [-0.1, -0.05) is 27.7 Å². The van der Waals surface area contributed by atoms with Gasteiger partial charge in [0.25, 0.3) is 0 Å². The van der Waals surface area contributed by atoms with Crippen LogP contribution >= 0.6 is 0 Å². The molecule has 18 heavy (non-hydrogen) atoms. The maximum absolute atomic E-state index is 12.0. The van der Waals surface area contributed by atoms with Gasteiger partial charge in [-0.25, -0.2) is 0 Å². The van der Waals surface area contributed by atoms with Crippen molar-refractivity contribution < 1.29 is 22.7 Å². The maximum Gasteiger partial charge on any atom is 0.392 e. The minimum absolute atomic E-state index is 0.0262. The van der Waals surface area contributed by atoms with Gasteiger partial charge in [0.1, 0.15) is 0 Å². The van der Waals surface area contributed by atoms with Crippen molar-refractivity contribution >= 4 is 5.97 Å². The highest BCUT2D eigenvalue weighted by molar-refractivity contribution is 5.76. The van der Waals surface area contributed by atoms with Crippen molar-refractivity contribution in [2.24, 2.45) is 17.3 Å². The molecule has 0 rings (SSSR count). The van der Waals surface area contributed by atoms with Crippen LogP contribution in [-0.2, 0) is 9.53 Å². The van der Waals surface area contributed by atoms with E-state index in [0.29, 0.717) is 6.42 Å². The smallest absolute Gasteiger partial charge is 0.392 e. The van der Waals surface area contributed by atoms with E-state index >= 15 is 0 Å². The molecule has 0 aromatic heterocycles. The Morgan fingerprint density at radius 2 is 1.67 bits per heavy atom. The Kier molecular flexibility index (Phi) is 6.17. The molecule has 0 aromatic rings. The first-order valence-corrected chi connectivity index (χ1v) is 6.23. The molecule has 2 nitrogen and oxygen atoms in total. The van der Waals surface area contributed by atoms with E-state index in [2.05, 4.69) is 0 Å². The Hall–Kier alpha value is -0.740. The SMILES string of the molecule is CC(C)CC(C)(C(=O)OCCC(F)(F)F)C(C)C. The molecular formula is C13H23F3O2. The van der Waals surface area contributed by atoms with Crippen LogP contribution in [0.15, 0.2) is 0 Å². The fraction of sp³-hybridized carbons (Fsp3) is 0.923. The highest BCUT2D eigenvalue weighted by Gasteiger charge is 2.39. The molecule has 0 aliphatic carbocycles. The number of rotatable bonds is 6. The van der Waals surface area contributed by atoms with Gasteiger partial charge >= 0.3 is 12.1 Å². The summed E-state index contributed by atoms with van der Waals surface area (Å²) in [6, 6.07) is 0. The molecule has 5 heteroatoms. The van der Waals surface area contributed by atoms with Crippen molar-refractivity contribution in [3.63, 3.8) is 0 Å². The average molecular weight is 268 g/mol. The Morgan fingerprint density at radius 1 is 1.17 bits per heavy atom. The second kappa shape index (κ2) is 6.43. The minimum atomic E-state index is -4.29. The van der Waals surface area contributed by atoms with Gasteiger partial charge in [0.15, 0.2) is 0 Å². The first-order chi connectivity index (χ1) is 7.99. The predicted molar refractivity (Wildman–Crippen MR) is 64.0 cm³/mol. The van der Waals surface area contributed by atoms with Gasteiger partial charge in [0.2, 0.25) is 0 Å². The van der Waals surface area contributed by atoms with Crippen LogP contribution < -0.4 is 0 Å². The van der Waals surface area contributed by atoms with Crippen molar-refractivity contribution in [2.75, 3.05) is 6.61 Å². The standard InChI is InChI=1S/C13H23F3O2/c1-9(2)8-12(5,10(3)4)11(17)18-7-6-13(14,15)16/h9-10H,6-8H2,1-5H3. The molecule has 0 bridgehead atoms. The summed E-state index contributed by atoms with van der Waals surface area (Å²) in [6.07, 6.45) is -4.77. The molecular weight excluding hydrogens is 245 g/mol. The van der Waals surface area contributed by atoms with Crippen LogP contribution in [-0.4, -0.2) is 18.8 Å². The normalized spacial score (nSPS) is 15.9. The predicted octanol–water partition coefficient (Wildman–Crippen LogP) is 4.19. The molecule has 0 heterocycles. The van der Waals surface area contributed by atoms with Gasteiger partial charge in [-0.2, -0.15) is 13.2 Å². The van der Waals surface area contributed by atoms with E-state index in [1.54, 1.807) is 6.92 Å². The fourth-order valence-electron chi connectivity index (χ4n) is 1.83. The van der Waals surface area contributed by atoms with Gasteiger partial charge in [-0.05, 0) is 25.2 Å². The molecule has 1 atom stereocenters. The third-order valence-corrected chi connectivity index (χ3v) is 3.19. The van der Waals surface area contributed by atoms with Crippen LogP contribution in [0.1, 0.15) is 47.5 Å². The number of hydrogen-bond acceptors (Lipinski definition) is 2. The number of ether oxygens (including phenoxy) is 1. The van der Waals surface area contributed by atoms with Crippen molar-refractivity contribution in [1.82, 2.24) is 0 Å². The molecule has 0 amide bonds. The molecule has 0 aliphatic heterocycles. The van der Waals surface area contributed by atoms with Gasteiger partial charge in [-0.15, -0.1) is 0 Å². The van der Waals surface area contributed by atoms with Crippen molar-refractivity contribution in [3.05, 3.63) is 0 Å². The summed E-state index contributed by atoms with van der Waals surface area (Å²) in [5, 5.41) is 0. The second-order valence-electron chi connectivity index (χ2n) is 5.67. The third-order valence-electron chi connectivity index (χ3n) is 3.19. The molecule has 0 aliphatic rings. The summed E-state index contributed by atoms with van der Waals surface area (Å²) in [5.41, 5.74) is -0.722. The molecule has 0 saturated carbocycles. The largest absolute Gasteiger partial charge is 0.465 e. The first-order valence-electron chi connectivity index (χ1n) is 6.23. The van der Waals surface area contributed by atoms with Gasteiger partial charge in [0, 0.05) is 0 Å². The molecule has 1 unspecified atom stereocenters. The molecule has 0 spiro atoms. The summed E-state index contributed by atoms with van der Waals surface area (Å²) in [6.45, 7) is 8.88. The molecule has 108 valence electrons. The number of esters is 1. The van der Waals surface area contributed by atoms with Crippen LogP contribution in [0.4, 0.5) is 13.2 Å². The van der Waals surface area contributed by atoms with E-state index in [1.165, 1.54) is 0 Å². The summed E-state index contributed by atoms with van der Waals surface area (Å²) in [4.78, 5) is 11.9. The van der Waals surface area contributed by atoms with Crippen LogP contribution in [0.3, 0.4) is 0 Å². The maximum atomic E-state index is 12.0. The summed E-state index contributed by atoms with van der Waals surface area (Å²) < 4.78 is 40.7.